The lowest BCUT2D eigenvalue weighted by atomic mass is 10.1. The van der Waals surface area contributed by atoms with Gasteiger partial charge in [0.1, 0.15) is 11.5 Å². The van der Waals surface area contributed by atoms with Crippen molar-refractivity contribution in [3.05, 3.63) is 78.0 Å². The van der Waals surface area contributed by atoms with Crippen LogP contribution in [0, 0.1) is 6.92 Å². The van der Waals surface area contributed by atoms with E-state index in [4.69, 9.17) is 5.73 Å². The topological polar surface area (TPSA) is 119 Å². The molecule has 0 aliphatic heterocycles. The third kappa shape index (κ3) is 3.87. The summed E-state index contributed by atoms with van der Waals surface area (Å²) < 4.78 is 27.6. The van der Waals surface area contributed by atoms with Gasteiger partial charge in [-0.15, -0.1) is 0 Å². The number of aromatic nitrogens is 5. The van der Waals surface area contributed by atoms with Crippen LogP contribution in [0.3, 0.4) is 0 Å². The highest BCUT2D eigenvalue weighted by molar-refractivity contribution is 7.89. The van der Waals surface area contributed by atoms with Crippen molar-refractivity contribution in [1.82, 2.24) is 24.3 Å². The second-order valence-corrected chi connectivity index (χ2v) is 9.64. The number of imidazole rings is 1. The van der Waals surface area contributed by atoms with Gasteiger partial charge in [0.05, 0.1) is 22.9 Å². The van der Waals surface area contributed by atoms with Crippen LogP contribution in [-0.2, 0) is 21.3 Å². The first-order valence-corrected chi connectivity index (χ1v) is 11.5. The largest absolute Gasteiger partial charge is 0.384 e. The van der Waals surface area contributed by atoms with E-state index in [1.165, 1.54) is 6.07 Å². The highest BCUT2D eigenvalue weighted by Crippen LogP contribution is 2.23. The van der Waals surface area contributed by atoms with Gasteiger partial charge >= 0.3 is 0 Å². The molecule has 3 N–H and O–H groups in total. The summed E-state index contributed by atoms with van der Waals surface area (Å²) in [5.41, 5.74) is 10.3. The van der Waals surface area contributed by atoms with E-state index in [-0.39, 0.29) is 17.3 Å². The summed E-state index contributed by atoms with van der Waals surface area (Å²) in [6.45, 7) is 1.94. The van der Waals surface area contributed by atoms with Gasteiger partial charge in [0, 0.05) is 41.1 Å². The van der Waals surface area contributed by atoms with Crippen molar-refractivity contribution in [2.45, 2.75) is 18.4 Å². The average Bonchev–Trinajstić information content (AvgIpc) is 3.33. The Labute approximate surface area is 178 Å². The SMILES string of the molecule is Cc1cccn2cc(CS(=O)(=O)Cc3cc(N)nc(-c4ccc5[nH]ccc5c4)n3)nc12. The molecule has 0 aliphatic carbocycles. The summed E-state index contributed by atoms with van der Waals surface area (Å²) in [5, 5.41) is 1.01. The normalized spacial score (nSPS) is 12.0. The Morgan fingerprint density at radius 3 is 2.71 bits per heavy atom. The highest BCUT2D eigenvalue weighted by Gasteiger charge is 2.18. The van der Waals surface area contributed by atoms with E-state index in [2.05, 4.69) is 19.9 Å². The van der Waals surface area contributed by atoms with Gasteiger partial charge in [0.2, 0.25) is 0 Å². The summed E-state index contributed by atoms with van der Waals surface area (Å²) in [4.78, 5) is 16.4. The summed E-state index contributed by atoms with van der Waals surface area (Å²) in [6, 6.07) is 13.0. The number of benzene rings is 1. The number of fused-ring (bicyclic) bond motifs is 2. The van der Waals surface area contributed by atoms with E-state index < -0.39 is 9.84 Å². The minimum Gasteiger partial charge on any atom is -0.384 e. The minimum absolute atomic E-state index is 0.178. The number of nitrogens with one attached hydrogen (secondary N) is 1. The van der Waals surface area contributed by atoms with Gasteiger partial charge in [-0.1, -0.05) is 6.07 Å². The fourth-order valence-electron chi connectivity index (χ4n) is 3.69. The molecule has 0 saturated heterocycles. The first kappa shape index (κ1) is 19.3. The third-order valence-electron chi connectivity index (χ3n) is 5.07. The second kappa shape index (κ2) is 7.21. The van der Waals surface area contributed by atoms with E-state index in [0.29, 0.717) is 17.2 Å². The van der Waals surface area contributed by atoms with Crippen molar-refractivity contribution in [2.75, 3.05) is 5.73 Å². The molecule has 0 unspecified atom stereocenters. The Hall–Kier alpha value is -3.72. The summed E-state index contributed by atoms with van der Waals surface area (Å²) in [6.07, 6.45) is 5.45. The molecule has 5 rings (SSSR count). The van der Waals surface area contributed by atoms with Gasteiger partial charge in [-0.25, -0.2) is 23.4 Å². The number of aryl methyl sites for hydroxylation is 1. The van der Waals surface area contributed by atoms with Crippen molar-refractivity contribution >= 4 is 32.2 Å². The monoisotopic (exact) mass is 432 g/mol. The smallest absolute Gasteiger partial charge is 0.161 e. The Kier molecular flexibility index (Phi) is 4.48. The van der Waals surface area contributed by atoms with Crippen molar-refractivity contribution in [3.8, 4) is 11.4 Å². The zero-order chi connectivity index (χ0) is 21.6. The number of nitrogens with zero attached hydrogens (tertiary/aromatic N) is 4. The molecule has 0 fully saturated rings. The van der Waals surface area contributed by atoms with Gasteiger partial charge in [-0.3, -0.25) is 0 Å². The fraction of sp³-hybridized carbons (Fsp3) is 0.136. The van der Waals surface area contributed by atoms with Gasteiger partial charge in [-0.05, 0) is 42.8 Å². The lowest BCUT2D eigenvalue weighted by Gasteiger charge is -2.07. The number of H-pyrrole nitrogens is 1. The first-order valence-electron chi connectivity index (χ1n) is 9.71. The molecule has 8 nitrogen and oxygen atoms in total. The maximum atomic E-state index is 12.9. The standard InChI is InChI=1S/C22H20N6O2S/c1-14-3-2-8-28-11-18(26-22(14)28)13-31(29,30)12-17-10-20(23)27-21(25-17)16-4-5-19-15(9-16)6-7-24-19/h2-11,24H,12-13H2,1H3,(H2,23,25,27). The number of nitrogen functional groups attached to an aromatic ring is 1. The summed E-state index contributed by atoms with van der Waals surface area (Å²) in [5.74, 6) is 0.207. The number of pyridine rings is 1. The maximum Gasteiger partial charge on any atom is 0.161 e. The molecule has 5 aromatic rings. The predicted molar refractivity (Wildman–Crippen MR) is 120 cm³/mol. The first-order chi connectivity index (χ1) is 14.9. The molecule has 9 heteroatoms. The van der Waals surface area contributed by atoms with Crippen LogP contribution in [0.2, 0.25) is 0 Å². The molecule has 0 saturated carbocycles. The Morgan fingerprint density at radius 1 is 1.03 bits per heavy atom. The van der Waals surface area contributed by atoms with Gasteiger partial charge in [0.15, 0.2) is 15.7 Å². The van der Waals surface area contributed by atoms with Crippen LogP contribution < -0.4 is 5.73 Å². The quantitative estimate of drug-likeness (QED) is 0.440. The van der Waals surface area contributed by atoms with E-state index >= 15 is 0 Å². The Morgan fingerprint density at radius 2 is 1.87 bits per heavy atom. The lowest BCUT2D eigenvalue weighted by Crippen LogP contribution is -2.10. The number of sulfone groups is 1. The van der Waals surface area contributed by atoms with Crippen molar-refractivity contribution in [1.29, 1.82) is 0 Å². The molecule has 1 aromatic carbocycles. The molecule has 0 spiro atoms. The van der Waals surface area contributed by atoms with Crippen LogP contribution in [0.15, 0.2) is 61.1 Å². The van der Waals surface area contributed by atoms with E-state index in [1.54, 1.807) is 6.20 Å². The number of nitrogens with two attached hydrogens (primary N) is 1. The molecule has 156 valence electrons. The van der Waals surface area contributed by atoms with Crippen molar-refractivity contribution < 1.29 is 8.42 Å². The molecule has 4 aromatic heterocycles. The van der Waals surface area contributed by atoms with E-state index in [1.807, 2.05) is 60.1 Å². The van der Waals surface area contributed by atoms with Crippen molar-refractivity contribution in [2.24, 2.45) is 0 Å². The number of anilines is 1. The van der Waals surface area contributed by atoms with Crippen LogP contribution in [-0.4, -0.2) is 32.8 Å². The number of rotatable bonds is 5. The Balaban J connectivity index is 1.43. The predicted octanol–water partition coefficient (Wildman–Crippen LogP) is 3.28. The average molecular weight is 433 g/mol. The summed E-state index contributed by atoms with van der Waals surface area (Å²) >= 11 is 0. The van der Waals surface area contributed by atoms with Crippen LogP contribution >= 0.6 is 0 Å². The van der Waals surface area contributed by atoms with E-state index in [0.717, 1.165) is 27.7 Å². The molecule has 0 amide bonds. The summed E-state index contributed by atoms with van der Waals surface area (Å²) in [7, 11) is -3.52. The van der Waals surface area contributed by atoms with Crippen LogP contribution in [0.1, 0.15) is 17.0 Å². The molecule has 31 heavy (non-hydrogen) atoms. The molecule has 4 heterocycles. The maximum absolute atomic E-state index is 12.9. The van der Waals surface area contributed by atoms with Gasteiger partial charge in [-0.2, -0.15) is 0 Å². The van der Waals surface area contributed by atoms with Gasteiger partial charge in [0.25, 0.3) is 0 Å². The zero-order valence-electron chi connectivity index (χ0n) is 16.8. The number of aromatic amines is 1. The third-order valence-corrected chi connectivity index (χ3v) is 6.55. The molecule has 0 bridgehead atoms. The van der Waals surface area contributed by atoms with Crippen molar-refractivity contribution in [3.63, 3.8) is 0 Å². The zero-order valence-corrected chi connectivity index (χ0v) is 17.6. The molecule has 0 atom stereocenters. The van der Waals surface area contributed by atoms with Crippen LogP contribution in [0.4, 0.5) is 5.82 Å². The molecular formula is C22H20N6O2S. The molecular weight excluding hydrogens is 412 g/mol. The minimum atomic E-state index is -3.52. The fourth-order valence-corrected chi connectivity index (χ4v) is 4.98. The molecule has 0 aliphatic rings. The van der Waals surface area contributed by atoms with Crippen LogP contribution in [0.5, 0.6) is 0 Å². The highest BCUT2D eigenvalue weighted by atomic mass is 32.2. The molecule has 0 radical (unpaired) electrons. The van der Waals surface area contributed by atoms with Crippen LogP contribution in [0.25, 0.3) is 27.9 Å². The lowest BCUT2D eigenvalue weighted by molar-refractivity contribution is 0.593. The Bertz CT molecular complexity index is 1530. The second-order valence-electron chi connectivity index (χ2n) is 7.57. The van der Waals surface area contributed by atoms with E-state index in [9.17, 15) is 8.42 Å². The van der Waals surface area contributed by atoms with Gasteiger partial charge < -0.3 is 15.1 Å². The number of hydrogen-bond acceptors (Lipinski definition) is 6. The number of hydrogen-bond donors (Lipinski definition) is 2.